The molecule has 1 unspecified atom stereocenters. The molecule has 0 radical (unpaired) electrons. The van der Waals surface area contributed by atoms with Crippen molar-refractivity contribution in [3.05, 3.63) is 10.6 Å². The number of nitrogens with zero attached hydrogens (tertiary/aromatic N) is 2. The zero-order chi connectivity index (χ0) is 13.6. The first-order chi connectivity index (χ1) is 8.50. The maximum absolute atomic E-state index is 4.33. The van der Waals surface area contributed by atoms with Crippen LogP contribution in [0, 0.1) is 0 Å². The van der Waals surface area contributed by atoms with Crippen LogP contribution in [0.3, 0.4) is 0 Å². The Hall–Kier alpha value is -0.480. The number of aromatic nitrogens is 2. The van der Waals surface area contributed by atoms with E-state index >= 15 is 0 Å². The molecule has 0 saturated heterocycles. The summed E-state index contributed by atoms with van der Waals surface area (Å²) in [6.45, 7) is 8.87. The monoisotopic (exact) mass is 269 g/mol. The van der Waals surface area contributed by atoms with Crippen molar-refractivity contribution in [3.63, 3.8) is 0 Å². The van der Waals surface area contributed by atoms with Crippen LogP contribution in [-0.2, 0) is 5.41 Å². The molecule has 1 heterocycles. The summed E-state index contributed by atoms with van der Waals surface area (Å²) in [5.41, 5.74) is 1.24. The number of nitrogens with one attached hydrogen (secondary N) is 1. The van der Waals surface area contributed by atoms with E-state index < -0.39 is 0 Å². The van der Waals surface area contributed by atoms with E-state index in [1.54, 1.807) is 11.5 Å². The Morgan fingerprint density at radius 1 is 1.22 bits per heavy atom. The molecule has 1 rings (SSSR count). The quantitative estimate of drug-likeness (QED) is 0.758. The van der Waals surface area contributed by atoms with Crippen LogP contribution in [-0.4, -0.2) is 16.6 Å². The standard InChI is InChI=1S/C14H27N3S/c1-6-7-8-9-10-11(15-5)12-13(14(2,3)4)16-17-18-12/h11,15H,6-10H2,1-5H3. The van der Waals surface area contributed by atoms with Crippen molar-refractivity contribution in [2.24, 2.45) is 0 Å². The van der Waals surface area contributed by atoms with Crippen LogP contribution in [0.1, 0.15) is 76.4 Å². The lowest BCUT2D eigenvalue weighted by Crippen LogP contribution is -2.21. The van der Waals surface area contributed by atoms with Gasteiger partial charge >= 0.3 is 0 Å². The summed E-state index contributed by atoms with van der Waals surface area (Å²) in [5, 5.41) is 7.75. The highest BCUT2D eigenvalue weighted by Gasteiger charge is 2.26. The minimum atomic E-state index is 0.0842. The van der Waals surface area contributed by atoms with Gasteiger partial charge in [-0.1, -0.05) is 57.9 Å². The van der Waals surface area contributed by atoms with Crippen molar-refractivity contribution in [2.75, 3.05) is 7.05 Å². The first-order valence-electron chi connectivity index (χ1n) is 7.00. The van der Waals surface area contributed by atoms with Crippen molar-refractivity contribution >= 4 is 11.5 Å². The van der Waals surface area contributed by atoms with E-state index in [9.17, 15) is 0 Å². The molecule has 0 aliphatic carbocycles. The number of hydrogen-bond donors (Lipinski definition) is 1. The largest absolute Gasteiger partial charge is 0.312 e. The molecule has 1 aromatic rings. The van der Waals surface area contributed by atoms with Crippen molar-refractivity contribution in [2.45, 2.75) is 71.3 Å². The number of unbranched alkanes of at least 4 members (excludes halogenated alkanes) is 3. The van der Waals surface area contributed by atoms with Gasteiger partial charge in [-0.15, -0.1) is 5.10 Å². The van der Waals surface area contributed by atoms with Crippen LogP contribution in [0.4, 0.5) is 0 Å². The van der Waals surface area contributed by atoms with Crippen LogP contribution in [0.15, 0.2) is 0 Å². The first-order valence-corrected chi connectivity index (χ1v) is 7.78. The molecule has 1 aromatic heterocycles. The topological polar surface area (TPSA) is 37.8 Å². The summed E-state index contributed by atoms with van der Waals surface area (Å²) in [5.74, 6) is 0. The van der Waals surface area contributed by atoms with Gasteiger partial charge in [-0.05, 0) is 25.0 Å². The highest BCUT2D eigenvalue weighted by Crippen LogP contribution is 2.32. The van der Waals surface area contributed by atoms with Crippen molar-refractivity contribution < 1.29 is 0 Å². The lowest BCUT2D eigenvalue weighted by Gasteiger charge is -2.21. The third-order valence-corrected chi connectivity index (χ3v) is 4.07. The average Bonchev–Trinajstić information content (AvgIpc) is 2.78. The van der Waals surface area contributed by atoms with Gasteiger partial charge in [0.25, 0.3) is 0 Å². The van der Waals surface area contributed by atoms with Gasteiger partial charge in [-0.25, -0.2) is 0 Å². The summed E-state index contributed by atoms with van der Waals surface area (Å²) in [4.78, 5) is 1.32. The summed E-state index contributed by atoms with van der Waals surface area (Å²) in [6, 6.07) is 0.413. The van der Waals surface area contributed by atoms with Gasteiger partial charge in [0.05, 0.1) is 10.6 Å². The Bertz CT molecular complexity index is 341. The Kier molecular flexibility index (Phi) is 6.22. The van der Waals surface area contributed by atoms with E-state index in [0.717, 1.165) is 5.69 Å². The highest BCUT2D eigenvalue weighted by atomic mass is 32.1. The molecule has 0 saturated carbocycles. The Morgan fingerprint density at radius 2 is 1.94 bits per heavy atom. The van der Waals surface area contributed by atoms with E-state index in [1.165, 1.54) is 37.0 Å². The molecular formula is C14H27N3S. The zero-order valence-electron chi connectivity index (χ0n) is 12.4. The summed E-state index contributed by atoms with van der Waals surface area (Å²) in [7, 11) is 2.04. The number of hydrogen-bond acceptors (Lipinski definition) is 4. The Balaban J connectivity index is 2.68. The van der Waals surface area contributed by atoms with Gasteiger partial charge in [-0.2, -0.15) is 0 Å². The molecule has 104 valence electrons. The first kappa shape index (κ1) is 15.6. The molecule has 18 heavy (non-hydrogen) atoms. The SMILES string of the molecule is CCCCCCC(NC)c1snnc1C(C)(C)C. The second kappa shape index (κ2) is 7.19. The molecule has 0 amide bonds. The molecule has 0 aromatic carbocycles. The lowest BCUT2D eigenvalue weighted by atomic mass is 9.89. The van der Waals surface area contributed by atoms with Crippen LogP contribution in [0.5, 0.6) is 0 Å². The van der Waals surface area contributed by atoms with Crippen LogP contribution in [0.2, 0.25) is 0 Å². The van der Waals surface area contributed by atoms with E-state index in [2.05, 4.69) is 42.6 Å². The molecule has 0 bridgehead atoms. The normalized spacial score (nSPS) is 13.8. The zero-order valence-corrected chi connectivity index (χ0v) is 13.2. The Labute approximate surface area is 116 Å². The predicted molar refractivity (Wildman–Crippen MR) is 79.2 cm³/mol. The maximum Gasteiger partial charge on any atom is 0.0857 e. The van der Waals surface area contributed by atoms with Crippen molar-refractivity contribution in [1.29, 1.82) is 0 Å². The van der Waals surface area contributed by atoms with Gasteiger partial charge in [0, 0.05) is 11.5 Å². The average molecular weight is 269 g/mol. The fourth-order valence-corrected chi connectivity index (χ4v) is 3.13. The molecule has 1 atom stereocenters. The van der Waals surface area contributed by atoms with Gasteiger partial charge in [0.15, 0.2) is 0 Å². The molecule has 4 heteroatoms. The van der Waals surface area contributed by atoms with Crippen LogP contribution < -0.4 is 5.32 Å². The molecule has 0 spiro atoms. The lowest BCUT2D eigenvalue weighted by molar-refractivity contribution is 0.489. The third-order valence-electron chi connectivity index (χ3n) is 3.24. The van der Waals surface area contributed by atoms with E-state index in [1.807, 2.05) is 7.05 Å². The smallest absolute Gasteiger partial charge is 0.0857 e. The molecule has 0 fully saturated rings. The predicted octanol–water partition coefficient (Wildman–Crippen LogP) is 4.07. The third kappa shape index (κ3) is 4.32. The maximum atomic E-state index is 4.33. The number of rotatable bonds is 7. The van der Waals surface area contributed by atoms with Crippen molar-refractivity contribution in [1.82, 2.24) is 14.9 Å². The molecular weight excluding hydrogens is 242 g/mol. The molecule has 0 aliphatic heterocycles. The fraction of sp³-hybridized carbons (Fsp3) is 0.857. The van der Waals surface area contributed by atoms with E-state index in [4.69, 9.17) is 0 Å². The summed E-state index contributed by atoms with van der Waals surface area (Å²) >= 11 is 1.55. The minimum Gasteiger partial charge on any atom is -0.312 e. The summed E-state index contributed by atoms with van der Waals surface area (Å²) in [6.07, 6.45) is 6.42. The second-order valence-electron chi connectivity index (χ2n) is 5.93. The van der Waals surface area contributed by atoms with E-state index in [0.29, 0.717) is 6.04 Å². The van der Waals surface area contributed by atoms with Crippen LogP contribution in [0.25, 0.3) is 0 Å². The fourth-order valence-electron chi connectivity index (χ4n) is 2.13. The Morgan fingerprint density at radius 3 is 2.50 bits per heavy atom. The molecule has 0 aliphatic rings. The second-order valence-corrected chi connectivity index (χ2v) is 6.71. The van der Waals surface area contributed by atoms with Crippen molar-refractivity contribution in [3.8, 4) is 0 Å². The summed E-state index contributed by atoms with van der Waals surface area (Å²) < 4.78 is 4.15. The van der Waals surface area contributed by atoms with Gasteiger partial charge in [0.2, 0.25) is 0 Å². The van der Waals surface area contributed by atoms with Gasteiger partial charge in [0.1, 0.15) is 0 Å². The van der Waals surface area contributed by atoms with Crippen LogP contribution >= 0.6 is 11.5 Å². The van der Waals surface area contributed by atoms with Gasteiger partial charge in [-0.3, -0.25) is 0 Å². The highest BCUT2D eigenvalue weighted by molar-refractivity contribution is 7.05. The molecule has 1 N–H and O–H groups in total. The van der Waals surface area contributed by atoms with Gasteiger partial charge < -0.3 is 5.32 Å². The van der Waals surface area contributed by atoms with E-state index in [-0.39, 0.29) is 5.41 Å². The minimum absolute atomic E-state index is 0.0842. The molecule has 3 nitrogen and oxygen atoms in total.